The minimum Gasteiger partial charge on any atom is -0.272 e. The van der Waals surface area contributed by atoms with Gasteiger partial charge in [0, 0.05) is 0 Å². The molecule has 2 aliphatic carbocycles. The fourth-order valence-corrected chi connectivity index (χ4v) is 5.18. The molecule has 2 amide bonds. The van der Waals surface area contributed by atoms with Crippen LogP contribution in [0.2, 0.25) is 0 Å². The first-order chi connectivity index (χ1) is 9.29. The van der Waals surface area contributed by atoms with Gasteiger partial charge >= 0.3 is 0 Å². The molecule has 4 atom stereocenters. The number of hydroxylamine groups is 2. The Kier molecular flexibility index (Phi) is 3.35. The van der Waals surface area contributed by atoms with Crippen molar-refractivity contribution in [2.24, 2.45) is 11.8 Å². The number of rotatable bonds is 3. The second-order valence-electron chi connectivity index (χ2n) is 5.29. The average molecular weight is 359 g/mol. The molecule has 3 rings (SSSR count). The van der Waals surface area contributed by atoms with E-state index in [-0.39, 0.29) is 23.1 Å². The third kappa shape index (κ3) is 1.55. The Morgan fingerprint density at radius 1 is 1.15 bits per heavy atom. The van der Waals surface area contributed by atoms with Crippen LogP contribution in [0.1, 0.15) is 19.8 Å². The zero-order chi connectivity index (χ0) is 14.9. The van der Waals surface area contributed by atoms with Crippen molar-refractivity contribution in [1.82, 2.24) is 5.06 Å². The van der Waals surface area contributed by atoms with Gasteiger partial charge in [0.15, 0.2) is 0 Å². The molecule has 1 aliphatic heterocycles. The van der Waals surface area contributed by atoms with E-state index >= 15 is 0 Å². The number of imide groups is 1. The fourth-order valence-electron chi connectivity index (χ4n) is 3.26. The highest BCUT2D eigenvalue weighted by Gasteiger charge is 2.76. The van der Waals surface area contributed by atoms with Crippen molar-refractivity contribution in [3.05, 3.63) is 10.1 Å². The minimum absolute atomic E-state index is 0.163. The quantitative estimate of drug-likeness (QED) is 0.575. The molecule has 0 aromatic rings. The van der Waals surface area contributed by atoms with Crippen LogP contribution in [-0.4, -0.2) is 33.2 Å². The maximum atomic E-state index is 12.4. The van der Waals surface area contributed by atoms with E-state index in [0.717, 1.165) is 5.06 Å². The number of halogens is 4. The van der Waals surface area contributed by atoms with E-state index < -0.39 is 33.4 Å². The molecule has 2 bridgehead atoms. The molecule has 8 heteroatoms. The van der Waals surface area contributed by atoms with Crippen LogP contribution in [-0.2, 0) is 14.4 Å². The van der Waals surface area contributed by atoms with Gasteiger partial charge in [0.1, 0.15) is 0 Å². The van der Waals surface area contributed by atoms with Gasteiger partial charge < -0.3 is 0 Å². The molecule has 3 aliphatic rings. The second kappa shape index (κ2) is 4.50. The molecule has 0 aromatic carbocycles. The standard InChI is InChI=1S/C12H11Cl4NO3/c1-2-3-20-17-9(18)5-6(10(17)19)12(16)4-11(5,15)7(13)8(12)14/h5-6H,2-4H2,1H3/t5-,6+,11-,12-/m0/s1. The van der Waals surface area contributed by atoms with E-state index in [1.807, 2.05) is 6.92 Å². The van der Waals surface area contributed by atoms with Crippen molar-refractivity contribution >= 4 is 58.2 Å². The van der Waals surface area contributed by atoms with Crippen molar-refractivity contribution in [2.75, 3.05) is 6.61 Å². The summed E-state index contributed by atoms with van der Waals surface area (Å²) in [5, 5.41) is 1.09. The molecular formula is C12H11Cl4NO3. The Morgan fingerprint density at radius 3 is 2.00 bits per heavy atom. The normalized spacial score (nSPS) is 43.0. The van der Waals surface area contributed by atoms with Crippen LogP contribution < -0.4 is 0 Å². The predicted octanol–water partition coefficient (Wildman–Crippen LogP) is 2.99. The van der Waals surface area contributed by atoms with Gasteiger partial charge in [0.2, 0.25) is 0 Å². The molecule has 0 aromatic heterocycles. The first-order valence-electron chi connectivity index (χ1n) is 6.23. The smallest absolute Gasteiger partial charge is 0.259 e. The Balaban J connectivity index is 2.03. The lowest BCUT2D eigenvalue weighted by Crippen LogP contribution is -2.38. The minimum atomic E-state index is -1.21. The van der Waals surface area contributed by atoms with Gasteiger partial charge in [0.05, 0.1) is 38.3 Å². The van der Waals surface area contributed by atoms with Crippen molar-refractivity contribution in [3.63, 3.8) is 0 Å². The average Bonchev–Trinajstić information content (AvgIpc) is 2.86. The number of amides is 2. The van der Waals surface area contributed by atoms with Crippen LogP contribution in [0.3, 0.4) is 0 Å². The molecule has 0 unspecified atom stereocenters. The zero-order valence-electron chi connectivity index (χ0n) is 10.5. The molecule has 1 saturated heterocycles. The lowest BCUT2D eigenvalue weighted by molar-refractivity contribution is -0.190. The summed E-state index contributed by atoms with van der Waals surface area (Å²) in [4.78, 5) is 27.6. The number of hydrogen-bond acceptors (Lipinski definition) is 3. The maximum Gasteiger partial charge on any atom is 0.259 e. The molecule has 110 valence electrons. The van der Waals surface area contributed by atoms with E-state index in [0.29, 0.717) is 6.42 Å². The highest BCUT2D eigenvalue weighted by atomic mass is 35.5. The summed E-state index contributed by atoms with van der Waals surface area (Å²) in [6, 6.07) is 0. The Bertz CT molecular complexity index is 509. The number of fused-ring (bicyclic) bond motifs is 5. The topological polar surface area (TPSA) is 46.6 Å². The molecular weight excluding hydrogens is 348 g/mol. The Labute approximate surface area is 135 Å². The molecule has 0 spiro atoms. The second-order valence-corrected chi connectivity index (χ2v) is 7.39. The molecule has 0 N–H and O–H groups in total. The Hall–Kier alpha value is -0.000000000000000167. The van der Waals surface area contributed by atoms with E-state index in [4.69, 9.17) is 51.2 Å². The van der Waals surface area contributed by atoms with Gasteiger partial charge in [0.25, 0.3) is 11.8 Å². The van der Waals surface area contributed by atoms with Gasteiger partial charge in [-0.2, -0.15) is 5.06 Å². The van der Waals surface area contributed by atoms with Gasteiger partial charge in [-0.3, -0.25) is 14.4 Å². The lowest BCUT2D eigenvalue weighted by atomic mass is 9.84. The van der Waals surface area contributed by atoms with Gasteiger partial charge in [-0.15, -0.1) is 23.2 Å². The molecule has 4 nitrogen and oxygen atoms in total. The number of carbonyl (C=O) groups excluding carboxylic acids is 2. The number of alkyl halides is 2. The lowest BCUT2D eigenvalue weighted by Gasteiger charge is -2.28. The fraction of sp³-hybridized carbons (Fsp3) is 0.667. The summed E-state index contributed by atoms with van der Waals surface area (Å²) in [6.45, 7) is 2.13. The van der Waals surface area contributed by atoms with Crippen molar-refractivity contribution < 1.29 is 14.4 Å². The summed E-state index contributed by atoms with van der Waals surface area (Å²) in [5.41, 5.74) is 0. The van der Waals surface area contributed by atoms with Crippen molar-refractivity contribution in [2.45, 2.75) is 29.5 Å². The first kappa shape index (κ1) is 14.9. The zero-order valence-corrected chi connectivity index (χ0v) is 13.5. The van der Waals surface area contributed by atoms with Crippen LogP contribution in [0.15, 0.2) is 10.1 Å². The van der Waals surface area contributed by atoms with Gasteiger partial charge in [-0.05, 0) is 12.8 Å². The van der Waals surface area contributed by atoms with Crippen LogP contribution in [0, 0.1) is 11.8 Å². The number of nitrogens with zero attached hydrogens (tertiary/aromatic N) is 1. The molecule has 0 radical (unpaired) electrons. The van der Waals surface area contributed by atoms with Crippen LogP contribution in [0.5, 0.6) is 0 Å². The summed E-state index contributed by atoms with van der Waals surface area (Å²) >= 11 is 25.2. The first-order valence-corrected chi connectivity index (χ1v) is 7.75. The molecule has 20 heavy (non-hydrogen) atoms. The van der Waals surface area contributed by atoms with Crippen molar-refractivity contribution in [1.29, 1.82) is 0 Å². The summed E-state index contributed by atoms with van der Waals surface area (Å²) < 4.78 is 0. The van der Waals surface area contributed by atoms with Crippen LogP contribution in [0.4, 0.5) is 0 Å². The number of hydrogen-bond donors (Lipinski definition) is 0. The predicted molar refractivity (Wildman–Crippen MR) is 75.6 cm³/mol. The SMILES string of the molecule is CCCON1C(=O)[C@@H]2[C@H](C1=O)[C@@]1(Cl)C[C@@]2(Cl)C(Cl)=C1Cl. The maximum absolute atomic E-state index is 12.4. The van der Waals surface area contributed by atoms with E-state index in [9.17, 15) is 9.59 Å². The Morgan fingerprint density at radius 2 is 1.60 bits per heavy atom. The summed E-state index contributed by atoms with van der Waals surface area (Å²) in [7, 11) is 0. The molecule has 1 saturated carbocycles. The van der Waals surface area contributed by atoms with Crippen LogP contribution in [0.25, 0.3) is 0 Å². The third-order valence-electron chi connectivity index (χ3n) is 4.11. The monoisotopic (exact) mass is 357 g/mol. The van der Waals surface area contributed by atoms with Crippen molar-refractivity contribution in [3.8, 4) is 0 Å². The third-order valence-corrected chi connectivity index (χ3v) is 6.57. The van der Waals surface area contributed by atoms with Gasteiger partial charge in [-0.25, -0.2) is 0 Å². The number of allylic oxidation sites excluding steroid dienone is 2. The molecule has 2 fully saturated rings. The molecule has 1 heterocycles. The number of carbonyl (C=O) groups is 2. The largest absolute Gasteiger partial charge is 0.272 e. The van der Waals surface area contributed by atoms with E-state index in [1.165, 1.54) is 0 Å². The van der Waals surface area contributed by atoms with Crippen LogP contribution >= 0.6 is 46.4 Å². The summed E-state index contributed by atoms with van der Waals surface area (Å²) in [6.07, 6.45) is 0.847. The van der Waals surface area contributed by atoms with E-state index in [1.54, 1.807) is 0 Å². The van der Waals surface area contributed by atoms with Gasteiger partial charge in [-0.1, -0.05) is 30.1 Å². The highest BCUT2D eigenvalue weighted by Crippen LogP contribution is 2.69. The highest BCUT2D eigenvalue weighted by molar-refractivity contribution is 6.52. The van der Waals surface area contributed by atoms with E-state index in [2.05, 4.69) is 0 Å². The summed E-state index contributed by atoms with van der Waals surface area (Å²) in [5.74, 6) is -2.62.